The van der Waals surface area contributed by atoms with Crippen LogP contribution in [0.1, 0.15) is 39.0 Å². The zero-order valence-corrected chi connectivity index (χ0v) is 10.7. The second-order valence-corrected chi connectivity index (χ2v) is 4.80. The molecular weight excluding hydrogens is 256 g/mol. The molecule has 1 aliphatic rings. The number of hydrogen-bond donors (Lipinski definition) is 0. The first-order chi connectivity index (χ1) is 7.31. The van der Waals surface area contributed by atoms with Gasteiger partial charge in [-0.2, -0.15) is 5.10 Å². The van der Waals surface area contributed by atoms with Crippen LogP contribution in [0.2, 0.25) is 0 Å². The zero-order chi connectivity index (χ0) is 10.7. The summed E-state index contributed by atoms with van der Waals surface area (Å²) < 4.78 is 8.83. The molecule has 1 aromatic rings. The monoisotopic (exact) mass is 272 g/mol. The zero-order valence-electron chi connectivity index (χ0n) is 9.08. The lowest BCUT2D eigenvalue weighted by Gasteiger charge is -2.11. The van der Waals surface area contributed by atoms with Crippen LogP contribution in [0.15, 0.2) is 10.8 Å². The van der Waals surface area contributed by atoms with Crippen LogP contribution in [0.5, 0.6) is 5.75 Å². The number of ether oxygens (including phenoxy) is 1. The molecule has 0 atom stereocenters. The van der Waals surface area contributed by atoms with Gasteiger partial charge in [-0.1, -0.05) is 6.92 Å². The molecule has 1 fully saturated rings. The summed E-state index contributed by atoms with van der Waals surface area (Å²) in [4.78, 5) is 0. The van der Waals surface area contributed by atoms with Crippen LogP contribution < -0.4 is 4.74 Å². The van der Waals surface area contributed by atoms with E-state index in [1.807, 2.05) is 10.9 Å². The fraction of sp³-hybridized carbons (Fsp3) is 0.727. The Morgan fingerprint density at radius 1 is 1.53 bits per heavy atom. The van der Waals surface area contributed by atoms with Gasteiger partial charge in [0.25, 0.3) is 0 Å². The molecule has 1 saturated carbocycles. The first kappa shape index (κ1) is 11.0. The summed E-state index contributed by atoms with van der Waals surface area (Å²) in [5.41, 5.74) is 0. The maximum atomic E-state index is 5.90. The summed E-state index contributed by atoms with van der Waals surface area (Å²) in [6, 6.07) is 0. The molecule has 0 aromatic carbocycles. The van der Waals surface area contributed by atoms with E-state index in [2.05, 4.69) is 28.0 Å². The molecule has 0 saturated heterocycles. The van der Waals surface area contributed by atoms with E-state index in [9.17, 15) is 0 Å². The molecule has 1 aliphatic carbocycles. The van der Waals surface area contributed by atoms with Gasteiger partial charge >= 0.3 is 0 Å². The summed E-state index contributed by atoms with van der Waals surface area (Å²) in [5.74, 6) is 0.898. The molecule has 4 heteroatoms. The van der Waals surface area contributed by atoms with Gasteiger partial charge in [-0.05, 0) is 48.0 Å². The number of hydrogen-bond acceptors (Lipinski definition) is 2. The number of halogens is 1. The second-order valence-electron chi connectivity index (χ2n) is 4.05. The Morgan fingerprint density at radius 3 is 2.93 bits per heavy atom. The third-order valence-electron chi connectivity index (χ3n) is 2.78. The van der Waals surface area contributed by atoms with E-state index in [4.69, 9.17) is 4.74 Å². The molecule has 0 amide bonds. The number of nitrogens with zero attached hydrogens (tertiary/aromatic N) is 2. The summed E-state index contributed by atoms with van der Waals surface area (Å²) in [5, 5.41) is 4.29. The van der Waals surface area contributed by atoms with Gasteiger partial charge in [-0.3, -0.25) is 4.68 Å². The lowest BCUT2D eigenvalue weighted by Crippen LogP contribution is -2.10. The van der Waals surface area contributed by atoms with Crippen LogP contribution in [-0.2, 0) is 6.54 Å². The highest BCUT2D eigenvalue weighted by atomic mass is 79.9. The highest BCUT2D eigenvalue weighted by molar-refractivity contribution is 9.10. The van der Waals surface area contributed by atoms with Gasteiger partial charge in [0.2, 0.25) is 0 Å². The van der Waals surface area contributed by atoms with Crippen molar-refractivity contribution in [2.75, 3.05) is 0 Å². The van der Waals surface area contributed by atoms with Gasteiger partial charge in [0, 0.05) is 6.54 Å². The molecule has 2 rings (SSSR count). The molecule has 15 heavy (non-hydrogen) atoms. The summed E-state index contributed by atoms with van der Waals surface area (Å²) in [6.07, 6.45) is 8.27. The maximum absolute atomic E-state index is 5.90. The van der Waals surface area contributed by atoms with Gasteiger partial charge in [-0.25, -0.2) is 0 Å². The van der Waals surface area contributed by atoms with E-state index in [0.29, 0.717) is 6.10 Å². The normalized spacial score (nSPS) is 17.2. The minimum Gasteiger partial charge on any atom is -0.486 e. The molecule has 84 valence electrons. The van der Waals surface area contributed by atoms with Crippen molar-refractivity contribution in [1.29, 1.82) is 0 Å². The van der Waals surface area contributed by atoms with Crippen molar-refractivity contribution in [2.45, 2.75) is 51.7 Å². The minimum atomic E-state index is 0.403. The van der Waals surface area contributed by atoms with Crippen LogP contribution in [-0.4, -0.2) is 15.9 Å². The second kappa shape index (κ2) is 5.01. The fourth-order valence-electron chi connectivity index (χ4n) is 1.99. The molecule has 0 N–H and O–H groups in total. The van der Waals surface area contributed by atoms with Crippen LogP contribution in [0.25, 0.3) is 0 Å². The Morgan fingerprint density at radius 2 is 2.27 bits per heavy atom. The van der Waals surface area contributed by atoms with E-state index in [1.165, 1.54) is 25.7 Å². The van der Waals surface area contributed by atoms with Crippen molar-refractivity contribution in [1.82, 2.24) is 9.78 Å². The lowest BCUT2D eigenvalue weighted by molar-refractivity contribution is 0.208. The van der Waals surface area contributed by atoms with Gasteiger partial charge in [0.15, 0.2) is 5.75 Å². The molecule has 1 aromatic heterocycles. The standard InChI is InChI=1S/C11H17BrN2O/c1-2-7-14-11(12)10(8-13-14)15-9-5-3-4-6-9/h8-9H,2-7H2,1H3. The first-order valence-corrected chi connectivity index (χ1v) is 6.48. The molecule has 0 bridgehead atoms. The Bertz CT molecular complexity index is 318. The van der Waals surface area contributed by atoms with Crippen molar-refractivity contribution in [2.24, 2.45) is 0 Å². The SMILES string of the molecule is CCCn1ncc(OC2CCCC2)c1Br. The first-order valence-electron chi connectivity index (χ1n) is 5.69. The number of aromatic nitrogens is 2. The highest BCUT2D eigenvalue weighted by Crippen LogP contribution is 2.29. The maximum Gasteiger partial charge on any atom is 0.172 e. The number of aryl methyl sites for hydroxylation is 1. The van der Waals surface area contributed by atoms with Crippen LogP contribution in [0, 0.1) is 0 Å². The largest absolute Gasteiger partial charge is 0.486 e. The predicted molar refractivity (Wildman–Crippen MR) is 63.1 cm³/mol. The molecule has 0 unspecified atom stereocenters. The van der Waals surface area contributed by atoms with E-state index < -0.39 is 0 Å². The van der Waals surface area contributed by atoms with Crippen molar-refractivity contribution in [3.63, 3.8) is 0 Å². The molecule has 3 nitrogen and oxygen atoms in total. The van der Waals surface area contributed by atoms with E-state index in [1.54, 1.807) is 0 Å². The summed E-state index contributed by atoms with van der Waals surface area (Å²) in [6.45, 7) is 3.08. The molecule has 1 heterocycles. The molecular formula is C11H17BrN2O. The highest BCUT2D eigenvalue weighted by Gasteiger charge is 2.19. The predicted octanol–water partition coefficient (Wildman–Crippen LogP) is 3.38. The Balaban J connectivity index is 2.01. The van der Waals surface area contributed by atoms with Gasteiger partial charge in [0.1, 0.15) is 4.60 Å². The fourth-order valence-corrected chi connectivity index (χ4v) is 2.45. The van der Waals surface area contributed by atoms with Crippen LogP contribution >= 0.6 is 15.9 Å². The van der Waals surface area contributed by atoms with Crippen LogP contribution in [0.4, 0.5) is 0 Å². The quantitative estimate of drug-likeness (QED) is 0.840. The van der Waals surface area contributed by atoms with E-state index in [0.717, 1.165) is 23.3 Å². The minimum absolute atomic E-state index is 0.403. The van der Waals surface area contributed by atoms with E-state index in [-0.39, 0.29) is 0 Å². The summed E-state index contributed by atoms with van der Waals surface area (Å²) in [7, 11) is 0. The third-order valence-corrected chi connectivity index (χ3v) is 3.58. The Labute approximate surface area is 98.9 Å². The topological polar surface area (TPSA) is 27.1 Å². The van der Waals surface area contributed by atoms with Gasteiger partial charge in [-0.15, -0.1) is 0 Å². The Hall–Kier alpha value is -0.510. The third kappa shape index (κ3) is 2.54. The average Bonchev–Trinajstić information content (AvgIpc) is 2.83. The van der Waals surface area contributed by atoms with Crippen LogP contribution in [0.3, 0.4) is 0 Å². The Kier molecular flexibility index (Phi) is 3.67. The van der Waals surface area contributed by atoms with Crippen molar-refractivity contribution in [3.8, 4) is 5.75 Å². The molecule has 0 radical (unpaired) electrons. The molecule has 0 aliphatic heterocycles. The lowest BCUT2D eigenvalue weighted by atomic mass is 10.3. The van der Waals surface area contributed by atoms with Gasteiger partial charge in [0.05, 0.1) is 12.3 Å². The molecule has 0 spiro atoms. The van der Waals surface area contributed by atoms with Crippen molar-refractivity contribution < 1.29 is 4.74 Å². The number of rotatable bonds is 4. The van der Waals surface area contributed by atoms with Crippen molar-refractivity contribution in [3.05, 3.63) is 10.8 Å². The van der Waals surface area contributed by atoms with Gasteiger partial charge < -0.3 is 4.74 Å². The smallest absolute Gasteiger partial charge is 0.172 e. The summed E-state index contributed by atoms with van der Waals surface area (Å²) >= 11 is 3.54. The average molecular weight is 273 g/mol. The van der Waals surface area contributed by atoms with E-state index >= 15 is 0 Å². The van der Waals surface area contributed by atoms with Crippen molar-refractivity contribution >= 4 is 15.9 Å².